The molecule has 0 fully saturated rings. The molecule has 10 N–H and O–H groups in total. The average Bonchev–Trinajstić information content (AvgIpc) is 2.67. The van der Waals surface area contributed by atoms with Crippen LogP contribution in [0.5, 0.6) is 0 Å². The molecule has 0 aliphatic carbocycles. The lowest BCUT2D eigenvalue weighted by Crippen LogP contribution is -2.60. The van der Waals surface area contributed by atoms with Gasteiger partial charge < -0.3 is 47.3 Å². The van der Waals surface area contributed by atoms with E-state index in [2.05, 4.69) is 15.6 Å². The number of nitrogens with zero attached hydrogens (tertiary/aromatic N) is 1. The van der Waals surface area contributed by atoms with Crippen molar-refractivity contribution in [3.8, 4) is 0 Å². The summed E-state index contributed by atoms with van der Waals surface area (Å²) >= 11 is 5.20. The van der Waals surface area contributed by atoms with E-state index in [1.165, 1.54) is 18.2 Å². The Bertz CT molecular complexity index is 850. The van der Waals surface area contributed by atoms with Crippen LogP contribution in [0.3, 0.4) is 0 Å². The number of halogens is 1. The lowest BCUT2D eigenvalue weighted by atomic mass is 9.92. The van der Waals surface area contributed by atoms with Crippen molar-refractivity contribution < 1.29 is 34.3 Å². The van der Waals surface area contributed by atoms with E-state index in [9.17, 15) is 24.5 Å². The van der Waals surface area contributed by atoms with Gasteiger partial charge in [0.15, 0.2) is 11.1 Å². The zero-order valence-electron chi connectivity index (χ0n) is 15.5. The molecule has 164 valence electrons. The van der Waals surface area contributed by atoms with Gasteiger partial charge in [0.05, 0.1) is 18.7 Å². The summed E-state index contributed by atoms with van der Waals surface area (Å²) < 4.78 is 18.7. The molecule has 0 unspecified atom stereocenters. The molecule has 1 aromatic rings. The molecular weight excluding hydrogens is 421 g/mol. The predicted molar refractivity (Wildman–Crippen MR) is 109 cm³/mol. The minimum Gasteiger partial charge on any atom is -0.478 e. The maximum Gasteiger partial charge on any atom is 0.370 e. The van der Waals surface area contributed by atoms with Gasteiger partial charge >= 0.3 is 5.97 Å². The number of nitrogens with one attached hydrogen (secondary N) is 2. The number of aliphatic imine (C=N–C) groups is 1. The fourth-order valence-corrected chi connectivity index (χ4v) is 3.04. The maximum absolute atomic E-state index is 13.4. The van der Waals surface area contributed by atoms with Crippen LogP contribution in [-0.2, 0) is 9.53 Å². The number of carbonyl (C=O) groups is 1. The average molecular weight is 443 g/mol. The summed E-state index contributed by atoms with van der Waals surface area (Å²) in [5, 5.41) is 44.1. The lowest BCUT2D eigenvalue weighted by molar-refractivity contribution is -0.144. The van der Waals surface area contributed by atoms with Crippen molar-refractivity contribution in [2.75, 3.05) is 11.9 Å². The van der Waals surface area contributed by atoms with Crippen LogP contribution in [0.15, 0.2) is 41.1 Å². The highest BCUT2D eigenvalue weighted by Gasteiger charge is 2.43. The van der Waals surface area contributed by atoms with E-state index in [1.54, 1.807) is 6.07 Å². The van der Waals surface area contributed by atoms with Crippen LogP contribution in [0.2, 0.25) is 0 Å². The molecule has 0 spiro atoms. The number of rotatable bonds is 7. The van der Waals surface area contributed by atoms with Gasteiger partial charge in [-0.1, -0.05) is 6.07 Å². The smallest absolute Gasteiger partial charge is 0.370 e. The van der Waals surface area contributed by atoms with Crippen molar-refractivity contribution >= 4 is 34.9 Å². The number of benzene rings is 1. The van der Waals surface area contributed by atoms with E-state index in [0.29, 0.717) is 5.69 Å². The first-order valence-electron chi connectivity index (χ1n) is 8.63. The number of nitrogens with two attached hydrogens (primary N) is 2. The van der Waals surface area contributed by atoms with E-state index >= 15 is 0 Å². The van der Waals surface area contributed by atoms with Crippen LogP contribution in [0.25, 0.3) is 0 Å². The molecule has 5 atom stereocenters. The molecular formula is C17H22FN5O6S. The van der Waals surface area contributed by atoms with Crippen LogP contribution >= 0.6 is 12.2 Å². The van der Waals surface area contributed by atoms with Crippen LogP contribution in [0, 0.1) is 5.82 Å². The number of carboxylic acid groups (broad SMARTS) is 1. The Hall–Kier alpha value is -3.00. The Morgan fingerprint density at radius 3 is 2.63 bits per heavy atom. The third-order valence-corrected chi connectivity index (χ3v) is 4.33. The van der Waals surface area contributed by atoms with E-state index < -0.39 is 54.5 Å². The minimum absolute atomic E-state index is 0.0483. The lowest BCUT2D eigenvalue weighted by Gasteiger charge is -2.39. The van der Waals surface area contributed by atoms with Crippen LogP contribution < -0.4 is 22.1 Å². The second-order valence-electron chi connectivity index (χ2n) is 6.34. The fraction of sp³-hybridized carbons (Fsp3) is 0.353. The van der Waals surface area contributed by atoms with Gasteiger partial charge in [-0.2, -0.15) is 0 Å². The van der Waals surface area contributed by atoms with Crippen LogP contribution in [0.4, 0.5) is 10.1 Å². The summed E-state index contributed by atoms with van der Waals surface area (Å²) in [7, 11) is 0. The first-order valence-corrected chi connectivity index (χ1v) is 9.03. The van der Waals surface area contributed by atoms with Crippen molar-refractivity contribution in [3.63, 3.8) is 0 Å². The summed E-state index contributed by atoms with van der Waals surface area (Å²) in [6.45, 7) is -0.821. The van der Waals surface area contributed by atoms with Gasteiger partial charge in [-0.15, -0.1) is 0 Å². The number of anilines is 1. The molecule has 2 rings (SSSR count). The number of aliphatic hydroxyl groups excluding tert-OH is 3. The van der Waals surface area contributed by atoms with E-state index in [0.717, 1.165) is 6.08 Å². The SMILES string of the molecule is NC(N)=N[C@H]1C=C(C(=O)O)O[C@@H]([C@H](O)[C@H](O)CO)[C@@H]1NC(=S)Nc1cccc(F)c1. The van der Waals surface area contributed by atoms with E-state index in [1.807, 2.05) is 0 Å². The molecule has 0 radical (unpaired) electrons. The Labute approximate surface area is 175 Å². The number of hydrogen-bond donors (Lipinski definition) is 8. The van der Waals surface area contributed by atoms with Gasteiger partial charge in [-0.25, -0.2) is 14.2 Å². The number of guanidine groups is 1. The second kappa shape index (κ2) is 10.2. The van der Waals surface area contributed by atoms with Gasteiger partial charge in [0.1, 0.15) is 24.1 Å². The van der Waals surface area contributed by atoms with Crippen LogP contribution in [-0.4, -0.2) is 74.5 Å². The molecule has 1 aliphatic rings. The Balaban J connectivity index is 2.35. The molecule has 11 nitrogen and oxygen atoms in total. The highest BCUT2D eigenvalue weighted by atomic mass is 32.1. The molecule has 0 saturated heterocycles. The van der Waals surface area contributed by atoms with Crippen molar-refractivity contribution in [1.82, 2.24) is 5.32 Å². The number of thiocarbonyl (C=S) groups is 1. The zero-order valence-corrected chi connectivity index (χ0v) is 16.3. The Morgan fingerprint density at radius 1 is 1.37 bits per heavy atom. The third-order valence-electron chi connectivity index (χ3n) is 4.11. The highest BCUT2D eigenvalue weighted by Crippen LogP contribution is 2.25. The maximum atomic E-state index is 13.4. The zero-order chi connectivity index (χ0) is 22.4. The van der Waals surface area contributed by atoms with Gasteiger partial charge in [-0.05, 0) is 36.5 Å². The normalized spacial score (nSPS) is 22.7. The molecule has 13 heteroatoms. The number of ether oxygens (including phenoxy) is 1. The predicted octanol–water partition coefficient (Wildman–Crippen LogP) is -1.80. The quantitative estimate of drug-likeness (QED) is 0.135. The molecule has 0 amide bonds. The Kier molecular flexibility index (Phi) is 7.88. The summed E-state index contributed by atoms with van der Waals surface area (Å²) in [6.07, 6.45) is -3.72. The van der Waals surface area contributed by atoms with Gasteiger partial charge in [0.25, 0.3) is 0 Å². The molecule has 1 aliphatic heterocycles. The summed E-state index contributed by atoms with van der Waals surface area (Å²) in [6, 6.07) is 3.28. The van der Waals surface area contributed by atoms with Crippen molar-refractivity contribution in [3.05, 3.63) is 41.9 Å². The van der Waals surface area contributed by atoms with Gasteiger partial charge in [0.2, 0.25) is 5.76 Å². The topological polar surface area (TPSA) is 196 Å². The molecule has 0 bridgehead atoms. The van der Waals surface area contributed by atoms with Gasteiger partial charge in [-0.3, -0.25) is 0 Å². The number of carboxylic acids is 1. The molecule has 0 aromatic heterocycles. The third kappa shape index (κ3) is 6.00. The molecule has 1 aromatic carbocycles. The largest absolute Gasteiger partial charge is 0.478 e. The first kappa shape index (κ1) is 23.3. The number of hydrogen-bond acceptors (Lipinski definition) is 7. The highest BCUT2D eigenvalue weighted by molar-refractivity contribution is 7.80. The second-order valence-corrected chi connectivity index (χ2v) is 6.75. The standard InChI is InChI=1S/C17H22FN5O6S/c18-7-2-1-3-8(4-7)21-17(30)23-12-9(22-16(19)20)5-11(15(27)28)29-14(12)13(26)10(25)6-24/h1-5,9-10,12-14,24-26H,6H2,(H,27,28)(H4,19,20,22)(H2,21,23,30)/t9-,10+,12+,13+,14+/m0/s1. The number of aliphatic hydroxyl groups is 3. The van der Waals surface area contributed by atoms with E-state index in [4.69, 9.17) is 33.5 Å². The van der Waals surface area contributed by atoms with Gasteiger partial charge in [0, 0.05) is 5.69 Å². The van der Waals surface area contributed by atoms with Crippen molar-refractivity contribution in [1.29, 1.82) is 0 Å². The Morgan fingerprint density at radius 2 is 2.07 bits per heavy atom. The van der Waals surface area contributed by atoms with E-state index in [-0.39, 0.29) is 11.1 Å². The first-order chi connectivity index (χ1) is 14.1. The monoisotopic (exact) mass is 443 g/mol. The summed E-state index contributed by atoms with van der Waals surface area (Å²) in [5.74, 6) is -2.91. The summed E-state index contributed by atoms with van der Waals surface area (Å²) in [5.41, 5.74) is 11.2. The molecule has 1 heterocycles. The summed E-state index contributed by atoms with van der Waals surface area (Å²) in [4.78, 5) is 15.3. The molecule has 30 heavy (non-hydrogen) atoms. The van der Waals surface area contributed by atoms with Crippen molar-refractivity contribution in [2.45, 2.75) is 30.4 Å². The van der Waals surface area contributed by atoms with Crippen molar-refractivity contribution in [2.24, 2.45) is 16.5 Å². The minimum atomic E-state index is -1.73. The van der Waals surface area contributed by atoms with Crippen LogP contribution in [0.1, 0.15) is 0 Å². The number of aliphatic carboxylic acids is 1. The molecule has 0 saturated carbocycles. The fourth-order valence-electron chi connectivity index (χ4n) is 2.79.